The fourth-order valence-electron chi connectivity index (χ4n) is 2.27. The minimum absolute atomic E-state index is 0.0594. The Morgan fingerprint density at radius 3 is 2.85 bits per heavy atom. The van der Waals surface area contributed by atoms with Crippen LogP contribution in [0.2, 0.25) is 0 Å². The number of rotatable bonds is 8. The Labute approximate surface area is 155 Å². The lowest BCUT2D eigenvalue weighted by Gasteiger charge is -2.15. The van der Waals surface area contributed by atoms with Crippen LogP contribution in [0, 0.1) is 0 Å². The van der Waals surface area contributed by atoms with Crippen molar-refractivity contribution in [1.29, 1.82) is 0 Å². The number of ether oxygens (including phenoxy) is 1. The van der Waals surface area contributed by atoms with E-state index in [0.717, 1.165) is 16.9 Å². The van der Waals surface area contributed by atoms with Crippen molar-refractivity contribution in [1.82, 2.24) is 25.5 Å². The summed E-state index contributed by atoms with van der Waals surface area (Å²) in [5.74, 6) is 0.999. The molecule has 0 aliphatic carbocycles. The van der Waals surface area contributed by atoms with Gasteiger partial charge in [0.2, 0.25) is 5.91 Å². The first-order valence-electron chi connectivity index (χ1n) is 8.10. The first-order valence-corrected chi connectivity index (χ1v) is 9.08. The molecule has 8 heteroatoms. The van der Waals surface area contributed by atoms with E-state index in [1.807, 2.05) is 43.3 Å². The third-order valence-corrected chi connectivity index (χ3v) is 4.50. The number of H-pyrrole nitrogens is 1. The van der Waals surface area contributed by atoms with Crippen molar-refractivity contribution in [2.75, 3.05) is 5.75 Å². The van der Waals surface area contributed by atoms with E-state index in [0.29, 0.717) is 11.8 Å². The predicted molar refractivity (Wildman–Crippen MR) is 98.7 cm³/mol. The van der Waals surface area contributed by atoms with Crippen LogP contribution in [0.4, 0.5) is 0 Å². The number of nitrogens with zero attached hydrogens (tertiary/aromatic N) is 3. The number of amides is 1. The van der Waals surface area contributed by atoms with Gasteiger partial charge in [0, 0.05) is 18.0 Å². The van der Waals surface area contributed by atoms with Gasteiger partial charge in [0.15, 0.2) is 5.16 Å². The van der Waals surface area contributed by atoms with E-state index in [1.165, 1.54) is 18.1 Å². The van der Waals surface area contributed by atoms with E-state index < -0.39 is 0 Å². The molecule has 0 aliphatic heterocycles. The largest absolute Gasteiger partial charge is 0.489 e. The van der Waals surface area contributed by atoms with Crippen molar-refractivity contribution in [3.8, 4) is 5.75 Å². The Balaban J connectivity index is 1.46. The number of benzene rings is 1. The van der Waals surface area contributed by atoms with E-state index >= 15 is 0 Å². The molecule has 1 amide bonds. The summed E-state index contributed by atoms with van der Waals surface area (Å²) in [5, 5.41) is 10.1. The van der Waals surface area contributed by atoms with Crippen LogP contribution < -0.4 is 10.1 Å². The fourth-order valence-corrected chi connectivity index (χ4v) is 2.86. The third-order valence-electron chi connectivity index (χ3n) is 3.62. The first kappa shape index (κ1) is 17.9. The molecule has 0 spiro atoms. The van der Waals surface area contributed by atoms with Crippen LogP contribution in [0.15, 0.2) is 60.3 Å². The molecular formula is C18H19N5O2S. The molecule has 7 nitrogen and oxygen atoms in total. The Morgan fingerprint density at radius 2 is 2.15 bits per heavy atom. The molecular weight excluding hydrogens is 350 g/mol. The summed E-state index contributed by atoms with van der Waals surface area (Å²) in [6, 6.07) is 11.5. The van der Waals surface area contributed by atoms with Crippen molar-refractivity contribution in [2.24, 2.45) is 0 Å². The number of aromatic nitrogens is 4. The van der Waals surface area contributed by atoms with Crippen molar-refractivity contribution in [2.45, 2.75) is 24.7 Å². The zero-order valence-electron chi connectivity index (χ0n) is 14.3. The summed E-state index contributed by atoms with van der Waals surface area (Å²) in [6.45, 7) is 2.42. The van der Waals surface area contributed by atoms with Crippen LogP contribution >= 0.6 is 11.8 Å². The van der Waals surface area contributed by atoms with Crippen LogP contribution in [0.1, 0.15) is 24.1 Å². The maximum absolute atomic E-state index is 12.0. The molecule has 1 aromatic carbocycles. The van der Waals surface area contributed by atoms with Gasteiger partial charge >= 0.3 is 0 Å². The summed E-state index contributed by atoms with van der Waals surface area (Å²) < 4.78 is 5.74. The second-order valence-corrected chi connectivity index (χ2v) is 6.55. The number of pyridine rings is 1. The Bertz CT molecular complexity index is 809. The van der Waals surface area contributed by atoms with Crippen molar-refractivity contribution >= 4 is 17.7 Å². The average Bonchev–Trinajstić information content (AvgIpc) is 3.19. The number of aromatic amines is 1. The average molecular weight is 369 g/mol. The van der Waals surface area contributed by atoms with Gasteiger partial charge in [-0.1, -0.05) is 30.0 Å². The van der Waals surface area contributed by atoms with Crippen molar-refractivity contribution in [3.63, 3.8) is 0 Å². The molecule has 3 aromatic rings. The summed E-state index contributed by atoms with van der Waals surface area (Å²) in [7, 11) is 0. The number of hydrogen-bond acceptors (Lipinski definition) is 6. The topological polar surface area (TPSA) is 92.8 Å². The summed E-state index contributed by atoms with van der Waals surface area (Å²) in [4.78, 5) is 20.1. The van der Waals surface area contributed by atoms with Gasteiger partial charge in [-0.05, 0) is 30.7 Å². The smallest absolute Gasteiger partial charge is 0.230 e. The van der Waals surface area contributed by atoms with Gasteiger partial charge in [0.1, 0.15) is 18.7 Å². The van der Waals surface area contributed by atoms with Crippen molar-refractivity contribution < 1.29 is 9.53 Å². The molecule has 0 fully saturated rings. The molecule has 1 atom stereocenters. The van der Waals surface area contributed by atoms with E-state index in [-0.39, 0.29) is 17.7 Å². The molecule has 0 radical (unpaired) electrons. The van der Waals surface area contributed by atoms with Crippen LogP contribution in [-0.2, 0) is 11.4 Å². The van der Waals surface area contributed by atoms with Gasteiger partial charge < -0.3 is 10.1 Å². The lowest BCUT2D eigenvalue weighted by atomic mass is 10.1. The lowest BCUT2D eigenvalue weighted by molar-refractivity contribution is -0.119. The van der Waals surface area contributed by atoms with Crippen LogP contribution in [0.5, 0.6) is 5.75 Å². The van der Waals surface area contributed by atoms with Crippen LogP contribution in [-0.4, -0.2) is 31.8 Å². The van der Waals surface area contributed by atoms with Gasteiger partial charge in [-0.15, -0.1) is 0 Å². The molecule has 2 aromatic heterocycles. The minimum Gasteiger partial charge on any atom is -0.489 e. The molecule has 3 rings (SSSR count). The zero-order chi connectivity index (χ0) is 18.2. The number of thioether (sulfide) groups is 1. The Hall–Kier alpha value is -2.87. The molecule has 0 saturated heterocycles. The number of carbonyl (C=O) groups excluding carboxylic acids is 1. The molecule has 2 heterocycles. The predicted octanol–water partition coefficient (Wildman–Crippen LogP) is 2.75. The quantitative estimate of drug-likeness (QED) is 0.593. The molecule has 0 bridgehead atoms. The maximum Gasteiger partial charge on any atom is 0.230 e. The summed E-state index contributed by atoms with van der Waals surface area (Å²) >= 11 is 1.31. The Morgan fingerprint density at radius 1 is 1.31 bits per heavy atom. The van der Waals surface area contributed by atoms with Crippen LogP contribution in [0.25, 0.3) is 0 Å². The number of hydrogen-bond donors (Lipinski definition) is 2. The standard InChI is InChI=1S/C18H19N5O2S/c1-13(22-17(24)11-26-18-20-12-21-23-18)15-4-6-16(7-5-15)25-10-14-3-2-8-19-9-14/h2-9,12-13H,10-11H2,1H3,(H,22,24)(H,20,21,23)/t13-/m0/s1. The van der Waals surface area contributed by atoms with Crippen molar-refractivity contribution in [3.05, 3.63) is 66.2 Å². The molecule has 2 N–H and O–H groups in total. The number of carbonyl (C=O) groups is 1. The summed E-state index contributed by atoms with van der Waals surface area (Å²) in [6.07, 6.45) is 4.93. The fraction of sp³-hybridized carbons (Fsp3) is 0.222. The lowest BCUT2D eigenvalue weighted by Crippen LogP contribution is -2.28. The van der Waals surface area contributed by atoms with Gasteiger partial charge in [-0.2, -0.15) is 5.10 Å². The van der Waals surface area contributed by atoms with Gasteiger partial charge in [-0.25, -0.2) is 4.98 Å². The van der Waals surface area contributed by atoms with E-state index in [9.17, 15) is 4.79 Å². The van der Waals surface area contributed by atoms with Gasteiger partial charge in [0.25, 0.3) is 0 Å². The maximum atomic E-state index is 12.0. The minimum atomic E-state index is -0.0924. The van der Waals surface area contributed by atoms with E-state index in [2.05, 4.69) is 25.5 Å². The Kier molecular flexibility index (Phi) is 6.21. The molecule has 0 unspecified atom stereocenters. The molecule has 0 aliphatic rings. The van der Waals surface area contributed by atoms with E-state index in [1.54, 1.807) is 12.4 Å². The summed E-state index contributed by atoms with van der Waals surface area (Å²) in [5.41, 5.74) is 2.03. The van der Waals surface area contributed by atoms with E-state index in [4.69, 9.17) is 4.74 Å². The molecule has 134 valence electrons. The highest BCUT2D eigenvalue weighted by Crippen LogP contribution is 2.19. The molecule has 26 heavy (non-hydrogen) atoms. The normalized spacial score (nSPS) is 11.7. The second kappa shape index (κ2) is 9.00. The molecule has 0 saturated carbocycles. The zero-order valence-corrected chi connectivity index (χ0v) is 15.1. The second-order valence-electron chi connectivity index (χ2n) is 5.59. The monoisotopic (exact) mass is 369 g/mol. The van der Waals surface area contributed by atoms with Gasteiger partial charge in [-0.3, -0.25) is 14.9 Å². The van der Waals surface area contributed by atoms with Crippen LogP contribution in [0.3, 0.4) is 0 Å². The highest BCUT2D eigenvalue weighted by molar-refractivity contribution is 7.99. The highest BCUT2D eigenvalue weighted by Gasteiger charge is 2.11. The number of nitrogens with one attached hydrogen (secondary N) is 2. The SMILES string of the molecule is C[C@H](NC(=O)CSc1ncn[nH]1)c1ccc(OCc2cccnc2)cc1. The third kappa shape index (κ3) is 5.32. The first-order chi connectivity index (χ1) is 12.7. The van der Waals surface area contributed by atoms with Gasteiger partial charge in [0.05, 0.1) is 11.8 Å². The highest BCUT2D eigenvalue weighted by atomic mass is 32.2.